The van der Waals surface area contributed by atoms with Crippen molar-refractivity contribution in [3.63, 3.8) is 0 Å². The first kappa shape index (κ1) is 70.2. The lowest BCUT2D eigenvalue weighted by atomic mass is 9.97. The van der Waals surface area contributed by atoms with E-state index < -0.39 is 0 Å². The Morgan fingerprint density at radius 2 is 0.427 bits per heavy atom. The molecule has 4 rings (SSSR count). The van der Waals surface area contributed by atoms with Crippen molar-refractivity contribution in [2.24, 2.45) is 0 Å². The Bertz CT molecular complexity index is 2160. The molecule has 0 atom stereocenters. The topological polar surface area (TPSA) is 110 Å². The highest BCUT2D eigenvalue weighted by Crippen LogP contribution is 2.44. The largest absolute Gasteiger partial charge is 0.490 e. The van der Waals surface area contributed by atoms with Gasteiger partial charge < -0.3 is 18.9 Å². The van der Waals surface area contributed by atoms with Crippen LogP contribution in [0.15, 0.2) is 24.3 Å². The van der Waals surface area contributed by atoms with Gasteiger partial charge in [-0.1, -0.05) is 310 Å². The molecule has 8 nitrogen and oxygen atoms in total. The van der Waals surface area contributed by atoms with Crippen molar-refractivity contribution < 1.29 is 18.9 Å². The van der Waals surface area contributed by atoms with Crippen LogP contribution in [0.25, 0.3) is 32.6 Å². The lowest BCUT2D eigenvalue weighted by Gasteiger charge is -2.19. The molecule has 0 saturated carbocycles. The summed E-state index contributed by atoms with van der Waals surface area (Å²) in [6.45, 7) is 11.6. The molecule has 3 aromatic carbocycles. The Labute approximate surface area is 502 Å². The number of ether oxygens (including phenoxy) is 4. The first-order chi connectivity index (χ1) is 40.6. The molecule has 0 amide bonds. The number of benzene rings is 3. The maximum Gasteiger partial charge on any atom is 0.177 e. The Kier molecular flexibility index (Phi) is 41.1. The molecular weight excluding hydrogens is 1010 g/mol. The van der Waals surface area contributed by atoms with Gasteiger partial charge in [-0.25, -0.2) is 9.97 Å². The van der Waals surface area contributed by atoms with E-state index in [0.29, 0.717) is 49.0 Å². The molecule has 0 N–H and O–H groups in total. The van der Waals surface area contributed by atoms with Crippen molar-refractivity contribution in [2.75, 3.05) is 26.4 Å². The van der Waals surface area contributed by atoms with Crippen LogP contribution in [0.4, 0.5) is 0 Å². The molecule has 0 aliphatic rings. The molecule has 4 aromatic rings. The van der Waals surface area contributed by atoms with Crippen LogP contribution >= 0.6 is 0 Å². The molecule has 0 bridgehead atoms. The van der Waals surface area contributed by atoms with Crippen LogP contribution in [0.2, 0.25) is 0 Å². The van der Waals surface area contributed by atoms with E-state index in [1.165, 1.54) is 257 Å². The van der Waals surface area contributed by atoms with Crippen LogP contribution in [-0.2, 0) is 0 Å². The van der Waals surface area contributed by atoms with Crippen LogP contribution < -0.4 is 18.9 Å². The van der Waals surface area contributed by atoms with E-state index in [-0.39, 0.29) is 11.4 Å². The second-order valence-electron chi connectivity index (χ2n) is 24.5. The maximum atomic E-state index is 10.3. The normalized spacial score (nSPS) is 11.5. The van der Waals surface area contributed by atoms with Gasteiger partial charge in [0.2, 0.25) is 0 Å². The number of nitriles is 2. The molecule has 82 heavy (non-hydrogen) atoms. The summed E-state index contributed by atoms with van der Waals surface area (Å²) in [5.74, 6) is 2.82. The van der Waals surface area contributed by atoms with E-state index in [9.17, 15) is 10.5 Å². The minimum atomic E-state index is 0.0210. The van der Waals surface area contributed by atoms with Crippen LogP contribution in [0.1, 0.15) is 347 Å². The van der Waals surface area contributed by atoms with Gasteiger partial charge in [0.05, 0.1) is 37.5 Å². The number of unbranched alkanes of at least 4 members (excludes halogenated alkanes) is 44. The average Bonchev–Trinajstić information content (AvgIpc) is 1.65. The quantitative estimate of drug-likeness (QED) is 0.0318. The minimum absolute atomic E-state index is 0.0210. The summed E-state index contributed by atoms with van der Waals surface area (Å²) in [6, 6.07) is 12.7. The first-order valence-corrected chi connectivity index (χ1v) is 35.2. The van der Waals surface area contributed by atoms with Crippen molar-refractivity contribution in [2.45, 2.75) is 336 Å². The fourth-order valence-electron chi connectivity index (χ4n) is 11.9. The van der Waals surface area contributed by atoms with E-state index in [4.69, 9.17) is 28.9 Å². The molecular formula is C74H120N4O4. The van der Waals surface area contributed by atoms with E-state index in [1.807, 2.05) is 0 Å². The Balaban J connectivity index is 1.57. The third-order valence-corrected chi connectivity index (χ3v) is 17.1. The summed E-state index contributed by atoms with van der Waals surface area (Å²) in [7, 11) is 0. The van der Waals surface area contributed by atoms with Crippen molar-refractivity contribution in [3.8, 4) is 35.1 Å². The average molecular weight is 1130 g/mol. The molecule has 1 heterocycles. The SMILES string of the molecule is CCCCCCCCCCCCCCOc1cc2c3cc(OCCCCCCCCCCCCCC)c(OCCCCCCCCCCCCCC)cc3c3nc(C#N)c(C#N)nc3c2cc1OCCCCCCCCCCCCCC. The standard InChI is InChI=1S/C74H120N4O4/c1-5-9-13-17-21-25-29-33-37-41-45-49-53-79-69-57-63-64-58-70(80-54-50-46-42-38-34-30-26-22-18-14-10-6-2)72(82-56-52-48-44-40-36-32-28-24-20-16-12-8-4)60-66(64)74-73(77-67(61-75)68(62-76)78-74)65(63)59-71(69)81-55-51-47-43-39-35-31-27-23-19-15-11-7-3/h57-60H,5-56H2,1-4H3. The predicted octanol–water partition coefficient (Wildman–Crippen LogP) is 24.0. The third kappa shape index (κ3) is 29.5. The van der Waals surface area contributed by atoms with Gasteiger partial charge >= 0.3 is 0 Å². The Morgan fingerprint density at radius 1 is 0.256 bits per heavy atom. The third-order valence-electron chi connectivity index (χ3n) is 17.1. The highest BCUT2D eigenvalue weighted by Gasteiger charge is 2.21. The van der Waals surface area contributed by atoms with Crippen molar-refractivity contribution >= 4 is 32.6 Å². The van der Waals surface area contributed by atoms with Gasteiger partial charge in [-0.2, -0.15) is 10.5 Å². The fraction of sp³-hybridized carbons (Fsp3) is 0.757. The van der Waals surface area contributed by atoms with Gasteiger partial charge in [-0.15, -0.1) is 0 Å². The smallest absolute Gasteiger partial charge is 0.177 e. The number of fused-ring (bicyclic) bond motifs is 6. The molecule has 0 aliphatic carbocycles. The number of aromatic nitrogens is 2. The lowest BCUT2D eigenvalue weighted by molar-refractivity contribution is 0.258. The van der Waals surface area contributed by atoms with Crippen LogP contribution in [0, 0.1) is 22.7 Å². The minimum Gasteiger partial charge on any atom is -0.490 e. The van der Waals surface area contributed by atoms with Gasteiger partial charge in [0, 0.05) is 10.8 Å². The molecule has 0 fully saturated rings. The summed E-state index contributed by atoms with van der Waals surface area (Å²) in [4.78, 5) is 9.83. The van der Waals surface area contributed by atoms with Crippen LogP contribution in [0.3, 0.4) is 0 Å². The number of hydrogen-bond acceptors (Lipinski definition) is 8. The fourth-order valence-corrected chi connectivity index (χ4v) is 11.9. The van der Waals surface area contributed by atoms with E-state index in [1.54, 1.807) is 0 Å². The monoisotopic (exact) mass is 1130 g/mol. The van der Waals surface area contributed by atoms with Gasteiger partial charge in [0.25, 0.3) is 0 Å². The van der Waals surface area contributed by atoms with Crippen LogP contribution in [-0.4, -0.2) is 36.4 Å². The van der Waals surface area contributed by atoms with Gasteiger partial charge in [0.15, 0.2) is 34.4 Å². The number of hydrogen-bond donors (Lipinski definition) is 0. The summed E-state index contributed by atoms with van der Waals surface area (Å²) >= 11 is 0. The lowest BCUT2D eigenvalue weighted by Crippen LogP contribution is -2.05. The Hall–Kier alpha value is -4.30. The zero-order valence-electron chi connectivity index (χ0n) is 53.5. The van der Waals surface area contributed by atoms with Crippen molar-refractivity contribution in [1.82, 2.24) is 9.97 Å². The highest BCUT2D eigenvalue weighted by molar-refractivity contribution is 6.24. The maximum absolute atomic E-state index is 10.3. The zero-order chi connectivity index (χ0) is 58.2. The van der Waals surface area contributed by atoms with E-state index >= 15 is 0 Å². The number of nitrogens with zero attached hydrogens (tertiary/aromatic N) is 4. The van der Waals surface area contributed by atoms with Gasteiger partial charge in [0.1, 0.15) is 12.1 Å². The first-order valence-electron chi connectivity index (χ1n) is 35.2. The predicted molar refractivity (Wildman–Crippen MR) is 350 cm³/mol. The Morgan fingerprint density at radius 3 is 0.610 bits per heavy atom. The molecule has 460 valence electrons. The highest BCUT2D eigenvalue weighted by atomic mass is 16.5. The molecule has 0 spiro atoms. The molecule has 0 unspecified atom stereocenters. The van der Waals surface area contributed by atoms with Crippen molar-refractivity contribution in [1.29, 1.82) is 10.5 Å². The number of rotatable bonds is 56. The van der Waals surface area contributed by atoms with Gasteiger partial charge in [-0.05, 0) is 60.7 Å². The molecule has 8 heteroatoms. The van der Waals surface area contributed by atoms with Crippen LogP contribution in [0.5, 0.6) is 23.0 Å². The van der Waals surface area contributed by atoms with E-state index in [2.05, 4.69) is 64.1 Å². The molecule has 0 radical (unpaired) electrons. The zero-order valence-corrected chi connectivity index (χ0v) is 53.5. The molecule has 1 aromatic heterocycles. The van der Waals surface area contributed by atoms with E-state index in [0.717, 1.165) is 84.4 Å². The summed E-state index contributed by atoms with van der Waals surface area (Å²) in [5, 5.41) is 24.1. The summed E-state index contributed by atoms with van der Waals surface area (Å²) < 4.78 is 27.0. The van der Waals surface area contributed by atoms with Gasteiger partial charge in [-0.3, -0.25) is 0 Å². The second-order valence-corrected chi connectivity index (χ2v) is 24.5. The summed E-state index contributed by atoms with van der Waals surface area (Å²) in [6.07, 6.45) is 61.9. The summed E-state index contributed by atoms with van der Waals surface area (Å²) in [5.41, 5.74) is 1.18. The molecule has 0 aliphatic heterocycles. The second kappa shape index (κ2) is 48.0. The molecule has 0 saturated heterocycles. The van der Waals surface area contributed by atoms with Crippen molar-refractivity contribution in [3.05, 3.63) is 35.7 Å².